The highest BCUT2D eigenvalue weighted by atomic mass is 16.2. The van der Waals surface area contributed by atoms with Gasteiger partial charge in [-0.25, -0.2) is 0 Å². The second-order valence-corrected chi connectivity index (χ2v) is 4.82. The maximum absolute atomic E-state index is 11.2. The summed E-state index contributed by atoms with van der Waals surface area (Å²) < 4.78 is 0. The number of carbonyl (C=O) groups excluding carboxylic acids is 1. The quantitative estimate of drug-likeness (QED) is 0.655. The van der Waals surface area contributed by atoms with E-state index in [1.165, 1.54) is 0 Å². The van der Waals surface area contributed by atoms with E-state index >= 15 is 0 Å². The lowest BCUT2D eigenvalue weighted by Crippen LogP contribution is -2.27. The van der Waals surface area contributed by atoms with Gasteiger partial charge in [0.05, 0.1) is 0 Å². The van der Waals surface area contributed by atoms with Crippen LogP contribution in [0.2, 0.25) is 0 Å². The first-order valence-electron chi connectivity index (χ1n) is 5.86. The fourth-order valence-corrected chi connectivity index (χ4v) is 1.15. The van der Waals surface area contributed by atoms with E-state index in [0.717, 1.165) is 25.4 Å². The van der Waals surface area contributed by atoms with Crippen LogP contribution in [0.15, 0.2) is 0 Å². The fraction of sp³-hybridized carbons (Fsp3) is 0.917. The molecule has 90 valence electrons. The van der Waals surface area contributed by atoms with Gasteiger partial charge in [0, 0.05) is 20.5 Å². The van der Waals surface area contributed by atoms with Crippen molar-refractivity contribution < 1.29 is 4.79 Å². The van der Waals surface area contributed by atoms with E-state index in [9.17, 15) is 4.79 Å². The van der Waals surface area contributed by atoms with E-state index < -0.39 is 0 Å². The summed E-state index contributed by atoms with van der Waals surface area (Å²) in [6, 6.07) is 0. The number of hydrogen-bond donors (Lipinski definition) is 1. The molecule has 0 aliphatic carbocycles. The highest BCUT2D eigenvalue weighted by molar-refractivity contribution is 5.75. The highest BCUT2D eigenvalue weighted by Gasteiger charge is 2.06. The third-order valence-electron chi connectivity index (χ3n) is 2.85. The normalized spacial score (nSPS) is 12.9. The molecule has 0 bridgehead atoms. The molecule has 0 rings (SSSR count). The Balaban J connectivity index is 3.36. The summed E-state index contributed by atoms with van der Waals surface area (Å²) in [5, 5.41) is 3.39. The summed E-state index contributed by atoms with van der Waals surface area (Å²) in [5.41, 5.74) is 0. The molecule has 0 spiro atoms. The molecule has 0 aromatic heterocycles. The van der Waals surface area contributed by atoms with Crippen molar-refractivity contribution in [2.24, 2.45) is 11.8 Å². The van der Waals surface area contributed by atoms with E-state index in [4.69, 9.17) is 0 Å². The highest BCUT2D eigenvalue weighted by Crippen LogP contribution is 2.07. The first-order chi connectivity index (χ1) is 6.95. The van der Waals surface area contributed by atoms with Crippen LogP contribution in [0.5, 0.6) is 0 Å². The lowest BCUT2D eigenvalue weighted by Gasteiger charge is -2.16. The van der Waals surface area contributed by atoms with Crippen molar-refractivity contribution in [2.45, 2.75) is 33.6 Å². The fourth-order valence-electron chi connectivity index (χ4n) is 1.15. The number of nitrogens with one attached hydrogen (secondary N) is 1. The lowest BCUT2D eigenvalue weighted by molar-refractivity contribution is -0.128. The molecule has 0 saturated heterocycles. The van der Waals surface area contributed by atoms with Gasteiger partial charge in [-0.3, -0.25) is 4.79 Å². The van der Waals surface area contributed by atoms with Gasteiger partial charge >= 0.3 is 0 Å². The van der Waals surface area contributed by atoms with Crippen LogP contribution in [-0.4, -0.2) is 38.0 Å². The molecule has 0 aromatic carbocycles. The van der Waals surface area contributed by atoms with Crippen LogP contribution in [0.25, 0.3) is 0 Å². The van der Waals surface area contributed by atoms with E-state index in [0.29, 0.717) is 12.3 Å². The van der Waals surface area contributed by atoms with Gasteiger partial charge in [0.1, 0.15) is 0 Å². The van der Waals surface area contributed by atoms with E-state index in [2.05, 4.69) is 26.1 Å². The Morgan fingerprint density at radius 1 is 1.27 bits per heavy atom. The standard InChI is InChI=1S/C12H26N2O/c1-10(2)11(3)9-13-8-6-7-12(15)14(4)5/h10-11,13H,6-9H2,1-5H3. The maximum atomic E-state index is 11.2. The smallest absolute Gasteiger partial charge is 0.222 e. The largest absolute Gasteiger partial charge is 0.349 e. The zero-order chi connectivity index (χ0) is 11.8. The van der Waals surface area contributed by atoms with Gasteiger partial charge in [0.2, 0.25) is 5.91 Å². The van der Waals surface area contributed by atoms with Crippen LogP contribution in [0.4, 0.5) is 0 Å². The SMILES string of the molecule is CC(C)C(C)CNCCCC(=O)N(C)C. The van der Waals surface area contributed by atoms with Gasteiger partial charge in [-0.1, -0.05) is 20.8 Å². The summed E-state index contributed by atoms with van der Waals surface area (Å²) in [6.45, 7) is 8.72. The molecular weight excluding hydrogens is 188 g/mol. The molecule has 1 amide bonds. The number of carbonyl (C=O) groups is 1. The van der Waals surface area contributed by atoms with Gasteiger partial charge < -0.3 is 10.2 Å². The monoisotopic (exact) mass is 214 g/mol. The second-order valence-electron chi connectivity index (χ2n) is 4.82. The number of rotatable bonds is 7. The Morgan fingerprint density at radius 2 is 1.87 bits per heavy atom. The molecule has 1 unspecified atom stereocenters. The molecule has 3 nitrogen and oxygen atoms in total. The Hall–Kier alpha value is -0.570. The van der Waals surface area contributed by atoms with E-state index in [-0.39, 0.29) is 5.91 Å². The predicted molar refractivity (Wildman–Crippen MR) is 64.8 cm³/mol. The van der Waals surface area contributed by atoms with Crippen molar-refractivity contribution in [3.63, 3.8) is 0 Å². The molecule has 1 atom stereocenters. The zero-order valence-electron chi connectivity index (χ0n) is 10.8. The van der Waals surface area contributed by atoms with Crippen LogP contribution in [0, 0.1) is 11.8 Å². The first-order valence-corrected chi connectivity index (χ1v) is 5.86. The Labute approximate surface area is 94.2 Å². The van der Waals surface area contributed by atoms with Gasteiger partial charge in [0.15, 0.2) is 0 Å². The lowest BCUT2D eigenvalue weighted by atomic mass is 9.98. The van der Waals surface area contributed by atoms with Crippen LogP contribution in [0.1, 0.15) is 33.6 Å². The second kappa shape index (κ2) is 7.69. The third-order valence-corrected chi connectivity index (χ3v) is 2.85. The van der Waals surface area contributed by atoms with Gasteiger partial charge in [-0.15, -0.1) is 0 Å². The van der Waals surface area contributed by atoms with Crippen LogP contribution < -0.4 is 5.32 Å². The van der Waals surface area contributed by atoms with Crippen molar-refractivity contribution in [2.75, 3.05) is 27.2 Å². The average Bonchev–Trinajstić information content (AvgIpc) is 2.16. The Morgan fingerprint density at radius 3 is 2.33 bits per heavy atom. The molecule has 0 saturated carbocycles. The minimum atomic E-state index is 0.216. The Kier molecular flexibility index (Phi) is 7.39. The van der Waals surface area contributed by atoms with E-state index in [1.54, 1.807) is 19.0 Å². The maximum Gasteiger partial charge on any atom is 0.222 e. The summed E-state index contributed by atoms with van der Waals surface area (Å²) >= 11 is 0. The minimum Gasteiger partial charge on any atom is -0.349 e. The van der Waals surface area contributed by atoms with Crippen LogP contribution >= 0.6 is 0 Å². The average molecular weight is 214 g/mol. The van der Waals surface area contributed by atoms with Gasteiger partial charge in [-0.2, -0.15) is 0 Å². The Bertz CT molecular complexity index is 178. The summed E-state index contributed by atoms with van der Waals surface area (Å²) in [4.78, 5) is 12.9. The van der Waals surface area contributed by atoms with Crippen molar-refractivity contribution in [1.82, 2.24) is 10.2 Å². The number of hydrogen-bond acceptors (Lipinski definition) is 2. The van der Waals surface area contributed by atoms with Gasteiger partial charge in [0.25, 0.3) is 0 Å². The summed E-state index contributed by atoms with van der Waals surface area (Å²) in [5.74, 6) is 1.64. The molecule has 0 heterocycles. The molecule has 1 N–H and O–H groups in total. The van der Waals surface area contributed by atoms with Crippen LogP contribution in [0.3, 0.4) is 0 Å². The first kappa shape index (κ1) is 14.4. The topological polar surface area (TPSA) is 32.3 Å². The molecule has 3 heteroatoms. The predicted octanol–water partition coefficient (Wildman–Crippen LogP) is 1.74. The van der Waals surface area contributed by atoms with Crippen LogP contribution in [-0.2, 0) is 4.79 Å². The molecular formula is C12H26N2O. The molecule has 0 aliphatic rings. The van der Waals surface area contributed by atoms with E-state index in [1.807, 2.05) is 0 Å². The summed E-state index contributed by atoms with van der Waals surface area (Å²) in [7, 11) is 3.60. The number of nitrogens with zero attached hydrogens (tertiary/aromatic N) is 1. The third kappa shape index (κ3) is 7.37. The van der Waals surface area contributed by atoms with Crippen molar-refractivity contribution in [3.05, 3.63) is 0 Å². The number of amides is 1. The minimum absolute atomic E-state index is 0.216. The van der Waals surface area contributed by atoms with Crippen molar-refractivity contribution in [1.29, 1.82) is 0 Å². The van der Waals surface area contributed by atoms with Crippen molar-refractivity contribution in [3.8, 4) is 0 Å². The molecule has 15 heavy (non-hydrogen) atoms. The van der Waals surface area contributed by atoms with Crippen molar-refractivity contribution >= 4 is 5.91 Å². The zero-order valence-corrected chi connectivity index (χ0v) is 10.8. The summed E-state index contributed by atoms with van der Waals surface area (Å²) in [6.07, 6.45) is 1.58. The van der Waals surface area contributed by atoms with Gasteiger partial charge in [-0.05, 0) is 31.3 Å². The molecule has 0 radical (unpaired) electrons. The molecule has 0 fully saturated rings. The molecule has 0 aromatic rings. The molecule has 0 aliphatic heterocycles.